The Labute approximate surface area is 113 Å². The van der Waals surface area contributed by atoms with Gasteiger partial charge in [-0.15, -0.1) is 0 Å². The normalized spacial score (nSPS) is 10.7. The van der Waals surface area contributed by atoms with Gasteiger partial charge in [-0.1, -0.05) is 0 Å². The number of phenols is 1. The van der Waals surface area contributed by atoms with Crippen molar-refractivity contribution in [1.29, 1.82) is 0 Å². The number of benzene rings is 1. The van der Waals surface area contributed by atoms with Gasteiger partial charge in [0, 0.05) is 32.4 Å². The molecule has 1 amide bonds. The van der Waals surface area contributed by atoms with Crippen molar-refractivity contribution < 1.29 is 14.6 Å². The van der Waals surface area contributed by atoms with Crippen LogP contribution >= 0.6 is 0 Å². The molecule has 0 saturated carbocycles. The number of nitrogens with one attached hydrogen (secondary N) is 1. The minimum Gasteiger partial charge on any atom is -0.508 e. The molecule has 0 radical (unpaired) electrons. The molecule has 6 nitrogen and oxygen atoms in total. The predicted molar refractivity (Wildman–Crippen MR) is 74.2 cm³/mol. The van der Waals surface area contributed by atoms with E-state index in [0.29, 0.717) is 30.9 Å². The summed E-state index contributed by atoms with van der Waals surface area (Å²) in [6.45, 7) is 2.69. The number of rotatable bonds is 7. The molecule has 0 aromatic heterocycles. The van der Waals surface area contributed by atoms with Crippen LogP contribution in [-0.2, 0) is 4.74 Å². The van der Waals surface area contributed by atoms with Gasteiger partial charge in [0.25, 0.3) is 5.91 Å². The van der Waals surface area contributed by atoms with Crippen LogP contribution in [0.4, 0.5) is 5.69 Å². The zero-order valence-electron chi connectivity index (χ0n) is 11.3. The SMILES string of the molecule is COCCN(C)CCNC(=O)c1cc(O)ccc1N. The van der Waals surface area contributed by atoms with Crippen molar-refractivity contribution in [3.63, 3.8) is 0 Å². The van der Waals surface area contributed by atoms with E-state index in [2.05, 4.69) is 10.2 Å². The van der Waals surface area contributed by atoms with E-state index in [1.165, 1.54) is 18.2 Å². The number of phenolic OH excluding ortho intramolecular Hbond substituents is 1. The fourth-order valence-corrected chi connectivity index (χ4v) is 1.56. The molecule has 19 heavy (non-hydrogen) atoms. The summed E-state index contributed by atoms with van der Waals surface area (Å²) in [5.74, 6) is -0.259. The van der Waals surface area contributed by atoms with Crippen molar-refractivity contribution in [2.45, 2.75) is 0 Å². The number of hydrogen-bond donors (Lipinski definition) is 3. The number of nitrogens with two attached hydrogens (primary N) is 1. The second-order valence-corrected chi connectivity index (χ2v) is 4.32. The van der Waals surface area contributed by atoms with Crippen molar-refractivity contribution in [3.8, 4) is 5.75 Å². The Morgan fingerprint density at radius 2 is 2.21 bits per heavy atom. The van der Waals surface area contributed by atoms with Gasteiger partial charge in [0.15, 0.2) is 0 Å². The molecule has 0 aliphatic heterocycles. The average Bonchev–Trinajstić information content (AvgIpc) is 2.39. The van der Waals surface area contributed by atoms with Crippen LogP contribution in [-0.4, -0.2) is 56.3 Å². The van der Waals surface area contributed by atoms with Crippen molar-refractivity contribution >= 4 is 11.6 Å². The Morgan fingerprint density at radius 3 is 2.89 bits per heavy atom. The molecule has 0 heterocycles. The van der Waals surface area contributed by atoms with Gasteiger partial charge in [-0.3, -0.25) is 4.79 Å². The molecule has 1 rings (SSSR count). The number of anilines is 1. The van der Waals surface area contributed by atoms with Crippen LogP contribution in [0, 0.1) is 0 Å². The molecule has 6 heteroatoms. The van der Waals surface area contributed by atoms with Gasteiger partial charge in [0.2, 0.25) is 0 Å². The number of ether oxygens (including phenoxy) is 1. The highest BCUT2D eigenvalue weighted by Crippen LogP contribution is 2.17. The highest BCUT2D eigenvalue weighted by Gasteiger charge is 2.10. The number of nitrogens with zero attached hydrogens (tertiary/aromatic N) is 1. The number of carbonyl (C=O) groups is 1. The lowest BCUT2D eigenvalue weighted by Crippen LogP contribution is -2.34. The first-order valence-corrected chi connectivity index (χ1v) is 6.08. The summed E-state index contributed by atoms with van der Waals surface area (Å²) < 4.78 is 4.96. The lowest BCUT2D eigenvalue weighted by Gasteiger charge is -2.16. The third kappa shape index (κ3) is 5.15. The number of amides is 1. The number of methoxy groups -OCH3 is 1. The second kappa shape index (κ2) is 7.60. The van der Waals surface area contributed by atoms with E-state index in [4.69, 9.17) is 10.5 Å². The minimum atomic E-state index is -0.284. The highest BCUT2D eigenvalue weighted by molar-refractivity contribution is 5.99. The molecular formula is C13H21N3O3. The summed E-state index contributed by atoms with van der Waals surface area (Å²) in [5, 5.41) is 12.1. The topological polar surface area (TPSA) is 87.8 Å². The quantitative estimate of drug-likeness (QED) is 0.488. The van der Waals surface area contributed by atoms with E-state index in [0.717, 1.165) is 6.54 Å². The Hall–Kier alpha value is -1.79. The first-order valence-electron chi connectivity index (χ1n) is 6.08. The van der Waals surface area contributed by atoms with E-state index in [-0.39, 0.29) is 11.7 Å². The van der Waals surface area contributed by atoms with Crippen LogP contribution in [0.2, 0.25) is 0 Å². The molecular weight excluding hydrogens is 246 g/mol. The predicted octanol–water partition coefficient (Wildman–Crippen LogP) is 0.282. The maximum atomic E-state index is 11.9. The van der Waals surface area contributed by atoms with Crippen molar-refractivity contribution in [1.82, 2.24) is 10.2 Å². The lowest BCUT2D eigenvalue weighted by molar-refractivity contribution is 0.0948. The molecule has 0 spiro atoms. The zero-order chi connectivity index (χ0) is 14.3. The molecule has 0 bridgehead atoms. The van der Waals surface area contributed by atoms with Gasteiger partial charge in [0.1, 0.15) is 5.75 Å². The Morgan fingerprint density at radius 1 is 1.47 bits per heavy atom. The zero-order valence-corrected chi connectivity index (χ0v) is 11.3. The third-order valence-corrected chi connectivity index (χ3v) is 2.74. The maximum Gasteiger partial charge on any atom is 0.253 e. The molecule has 0 aliphatic rings. The molecule has 106 valence electrons. The standard InChI is InChI=1S/C13H21N3O3/c1-16(7-8-19-2)6-5-15-13(18)11-9-10(17)3-4-12(11)14/h3-4,9,17H,5-8,14H2,1-2H3,(H,15,18). The number of nitrogen functional groups attached to an aromatic ring is 1. The van der Waals surface area contributed by atoms with Crippen molar-refractivity contribution in [2.24, 2.45) is 0 Å². The van der Waals surface area contributed by atoms with Crippen molar-refractivity contribution in [2.75, 3.05) is 46.1 Å². The molecule has 0 unspecified atom stereocenters. The fraction of sp³-hybridized carbons (Fsp3) is 0.462. The number of hydrogen-bond acceptors (Lipinski definition) is 5. The van der Waals surface area contributed by atoms with Crippen LogP contribution in [0.5, 0.6) is 5.75 Å². The summed E-state index contributed by atoms with van der Waals surface area (Å²) >= 11 is 0. The van der Waals surface area contributed by atoms with Gasteiger partial charge in [-0.05, 0) is 25.2 Å². The smallest absolute Gasteiger partial charge is 0.253 e. The molecule has 4 N–H and O–H groups in total. The molecule has 0 aliphatic carbocycles. The average molecular weight is 267 g/mol. The van der Waals surface area contributed by atoms with E-state index in [1.54, 1.807) is 7.11 Å². The van der Waals surface area contributed by atoms with Crippen LogP contribution < -0.4 is 11.1 Å². The van der Waals surface area contributed by atoms with Crippen molar-refractivity contribution in [3.05, 3.63) is 23.8 Å². The van der Waals surface area contributed by atoms with Gasteiger partial charge < -0.3 is 25.8 Å². The van der Waals surface area contributed by atoms with Crippen LogP contribution in [0.1, 0.15) is 10.4 Å². The van der Waals surface area contributed by atoms with Crippen LogP contribution in [0.15, 0.2) is 18.2 Å². The van der Waals surface area contributed by atoms with Crippen LogP contribution in [0.25, 0.3) is 0 Å². The van der Waals surface area contributed by atoms with Gasteiger partial charge >= 0.3 is 0 Å². The third-order valence-electron chi connectivity index (χ3n) is 2.74. The Balaban J connectivity index is 2.41. The second-order valence-electron chi connectivity index (χ2n) is 4.32. The maximum absolute atomic E-state index is 11.9. The summed E-state index contributed by atoms with van der Waals surface area (Å²) in [5.41, 5.74) is 6.33. The highest BCUT2D eigenvalue weighted by atomic mass is 16.5. The molecule has 0 saturated heterocycles. The van der Waals surface area contributed by atoms with Gasteiger partial charge in [-0.25, -0.2) is 0 Å². The van der Waals surface area contributed by atoms with Crippen LogP contribution in [0.3, 0.4) is 0 Å². The number of carbonyl (C=O) groups excluding carboxylic acids is 1. The van der Waals surface area contributed by atoms with E-state index in [9.17, 15) is 9.90 Å². The first-order chi connectivity index (χ1) is 9.04. The largest absolute Gasteiger partial charge is 0.508 e. The van der Waals surface area contributed by atoms with E-state index >= 15 is 0 Å². The lowest BCUT2D eigenvalue weighted by atomic mass is 10.1. The Kier molecular flexibility index (Phi) is 6.11. The molecule has 1 aromatic rings. The molecule has 0 atom stereocenters. The van der Waals surface area contributed by atoms with Gasteiger partial charge in [0.05, 0.1) is 12.2 Å². The summed E-state index contributed by atoms with van der Waals surface area (Å²) in [6, 6.07) is 4.32. The first kappa shape index (κ1) is 15.3. The summed E-state index contributed by atoms with van der Waals surface area (Å²) in [7, 11) is 3.61. The van der Waals surface area contributed by atoms with Gasteiger partial charge in [-0.2, -0.15) is 0 Å². The number of aromatic hydroxyl groups is 1. The minimum absolute atomic E-state index is 0.0246. The summed E-state index contributed by atoms with van der Waals surface area (Å²) in [6.07, 6.45) is 0. The van der Waals surface area contributed by atoms with E-state index in [1.807, 2.05) is 7.05 Å². The summed E-state index contributed by atoms with van der Waals surface area (Å²) in [4.78, 5) is 13.9. The molecule has 1 aromatic carbocycles. The number of likely N-dealkylation sites (N-methyl/N-ethyl adjacent to an activating group) is 1. The molecule has 0 fully saturated rings. The fourth-order valence-electron chi connectivity index (χ4n) is 1.56. The Bertz CT molecular complexity index is 424. The monoisotopic (exact) mass is 267 g/mol. The van der Waals surface area contributed by atoms with E-state index < -0.39 is 0 Å².